The number of aromatic amines is 1. The molecule has 2 amide bonds. The predicted molar refractivity (Wildman–Crippen MR) is 84.7 cm³/mol. The van der Waals surface area contributed by atoms with E-state index in [9.17, 15) is 22.8 Å². The van der Waals surface area contributed by atoms with Gasteiger partial charge in [-0.15, -0.1) is 5.10 Å². The first-order valence-corrected chi connectivity index (χ1v) is 7.86. The van der Waals surface area contributed by atoms with Crippen LogP contribution in [0.1, 0.15) is 23.4 Å². The van der Waals surface area contributed by atoms with Gasteiger partial charge in [-0.1, -0.05) is 29.8 Å². The van der Waals surface area contributed by atoms with Crippen molar-refractivity contribution in [2.45, 2.75) is 26.1 Å². The Morgan fingerprint density at radius 3 is 2.65 bits per heavy atom. The molecule has 1 aromatic heterocycles. The van der Waals surface area contributed by atoms with Crippen molar-refractivity contribution in [1.82, 2.24) is 20.1 Å². The Balaban J connectivity index is 1.60. The molecule has 2 N–H and O–H groups in total. The van der Waals surface area contributed by atoms with E-state index in [-0.39, 0.29) is 18.9 Å². The lowest BCUT2D eigenvalue weighted by Gasteiger charge is -2.16. The zero-order valence-electron chi connectivity index (χ0n) is 13.8. The van der Waals surface area contributed by atoms with Crippen LogP contribution in [0, 0.1) is 12.8 Å². The van der Waals surface area contributed by atoms with Crippen molar-refractivity contribution in [3.63, 3.8) is 0 Å². The number of hydrogen-bond donors (Lipinski definition) is 2. The van der Waals surface area contributed by atoms with Gasteiger partial charge < -0.3 is 4.90 Å². The Kier molecular flexibility index (Phi) is 4.66. The molecule has 10 heteroatoms. The molecule has 26 heavy (non-hydrogen) atoms. The van der Waals surface area contributed by atoms with Crippen molar-refractivity contribution in [3.05, 3.63) is 41.2 Å². The van der Waals surface area contributed by atoms with E-state index in [1.165, 1.54) is 0 Å². The quantitative estimate of drug-likeness (QED) is 0.866. The number of aromatic nitrogens is 3. The number of benzene rings is 1. The van der Waals surface area contributed by atoms with Gasteiger partial charge >= 0.3 is 6.18 Å². The summed E-state index contributed by atoms with van der Waals surface area (Å²) in [5.74, 6) is -3.20. The van der Waals surface area contributed by atoms with E-state index in [0.717, 1.165) is 11.1 Å². The summed E-state index contributed by atoms with van der Waals surface area (Å²) in [5.41, 5.74) is 2.04. The summed E-state index contributed by atoms with van der Waals surface area (Å²) < 4.78 is 37.4. The first-order valence-electron chi connectivity index (χ1n) is 7.86. The molecule has 3 rings (SSSR count). The highest BCUT2D eigenvalue weighted by atomic mass is 19.4. The third kappa shape index (κ3) is 4.01. The average Bonchev–Trinajstić information content (AvgIpc) is 3.17. The SMILES string of the molecule is Cc1ccc(CN2CC(C(=O)Nc3n[nH]c(C(F)(F)F)n3)CC2=O)cc1. The molecule has 0 bridgehead atoms. The molecule has 0 saturated carbocycles. The third-order valence-electron chi connectivity index (χ3n) is 4.07. The van der Waals surface area contributed by atoms with Gasteiger partial charge in [0.1, 0.15) is 0 Å². The summed E-state index contributed by atoms with van der Waals surface area (Å²) in [5, 5.41) is 7.26. The number of nitrogens with one attached hydrogen (secondary N) is 2. The Labute approximate surface area is 146 Å². The van der Waals surface area contributed by atoms with Gasteiger partial charge in [0, 0.05) is 19.5 Å². The molecule has 1 atom stereocenters. The minimum absolute atomic E-state index is 0.00571. The lowest BCUT2D eigenvalue weighted by atomic mass is 10.1. The van der Waals surface area contributed by atoms with Gasteiger partial charge in [0.2, 0.25) is 23.6 Å². The number of likely N-dealkylation sites (tertiary alicyclic amines) is 1. The van der Waals surface area contributed by atoms with Crippen molar-refractivity contribution in [2.75, 3.05) is 11.9 Å². The average molecular weight is 367 g/mol. The van der Waals surface area contributed by atoms with E-state index >= 15 is 0 Å². The second-order valence-electron chi connectivity index (χ2n) is 6.16. The Morgan fingerprint density at radius 2 is 2.04 bits per heavy atom. The highest BCUT2D eigenvalue weighted by molar-refractivity contribution is 5.96. The maximum atomic E-state index is 12.5. The van der Waals surface area contributed by atoms with E-state index in [1.807, 2.05) is 31.2 Å². The molecule has 138 valence electrons. The van der Waals surface area contributed by atoms with E-state index in [1.54, 1.807) is 10.00 Å². The molecule has 1 unspecified atom stereocenters. The lowest BCUT2D eigenvalue weighted by Crippen LogP contribution is -2.28. The van der Waals surface area contributed by atoms with Crippen molar-refractivity contribution in [2.24, 2.45) is 5.92 Å². The molecule has 1 aliphatic rings. The van der Waals surface area contributed by atoms with Crippen LogP contribution in [0.15, 0.2) is 24.3 Å². The van der Waals surface area contributed by atoms with Gasteiger partial charge in [-0.2, -0.15) is 18.2 Å². The zero-order chi connectivity index (χ0) is 18.9. The predicted octanol–water partition coefficient (Wildman–Crippen LogP) is 2.12. The van der Waals surface area contributed by atoms with Gasteiger partial charge in [0.15, 0.2) is 0 Å². The molecule has 0 radical (unpaired) electrons. The highest BCUT2D eigenvalue weighted by Crippen LogP contribution is 2.27. The number of alkyl halides is 3. The number of carbonyl (C=O) groups is 2. The number of anilines is 1. The molecule has 2 heterocycles. The fourth-order valence-electron chi connectivity index (χ4n) is 2.67. The molecule has 0 aliphatic carbocycles. The zero-order valence-corrected chi connectivity index (χ0v) is 13.8. The lowest BCUT2D eigenvalue weighted by molar-refractivity contribution is -0.144. The number of H-pyrrole nitrogens is 1. The van der Waals surface area contributed by atoms with Crippen molar-refractivity contribution in [1.29, 1.82) is 0 Å². The maximum Gasteiger partial charge on any atom is 0.451 e. The van der Waals surface area contributed by atoms with Crippen LogP contribution >= 0.6 is 0 Å². The molecule has 1 aliphatic heterocycles. The van der Waals surface area contributed by atoms with Gasteiger partial charge in [-0.25, -0.2) is 0 Å². The van der Waals surface area contributed by atoms with Crippen LogP contribution in [0.3, 0.4) is 0 Å². The Morgan fingerprint density at radius 1 is 1.35 bits per heavy atom. The van der Waals surface area contributed by atoms with Crippen LogP contribution in [-0.4, -0.2) is 38.4 Å². The minimum Gasteiger partial charge on any atom is -0.338 e. The third-order valence-corrected chi connectivity index (χ3v) is 4.07. The fraction of sp³-hybridized carbons (Fsp3) is 0.375. The minimum atomic E-state index is -4.68. The molecular weight excluding hydrogens is 351 g/mol. The van der Waals surface area contributed by atoms with Crippen molar-refractivity contribution >= 4 is 17.8 Å². The van der Waals surface area contributed by atoms with E-state index in [4.69, 9.17) is 0 Å². The number of amides is 2. The number of nitrogens with zero attached hydrogens (tertiary/aromatic N) is 3. The number of rotatable bonds is 4. The highest BCUT2D eigenvalue weighted by Gasteiger charge is 2.37. The summed E-state index contributed by atoms with van der Waals surface area (Å²) in [4.78, 5) is 29.0. The van der Waals surface area contributed by atoms with Crippen LogP contribution in [0.25, 0.3) is 0 Å². The van der Waals surface area contributed by atoms with Crippen molar-refractivity contribution in [3.8, 4) is 0 Å². The van der Waals surface area contributed by atoms with Gasteiger partial charge in [-0.3, -0.25) is 20.0 Å². The molecule has 2 aromatic rings. The number of halogens is 3. The van der Waals surface area contributed by atoms with Gasteiger partial charge in [0.05, 0.1) is 5.92 Å². The second kappa shape index (κ2) is 6.77. The normalized spacial score (nSPS) is 17.6. The first kappa shape index (κ1) is 17.9. The standard InChI is InChI=1S/C16H16F3N5O2/c1-9-2-4-10(5-3-9)7-24-8-11(6-12(24)25)13(26)20-15-21-14(22-23-15)16(17,18)19/h2-5,11H,6-8H2,1H3,(H2,20,21,22,23,26). The van der Waals surface area contributed by atoms with Crippen LogP contribution in [0.4, 0.5) is 19.1 Å². The molecule has 1 aromatic carbocycles. The second-order valence-corrected chi connectivity index (χ2v) is 6.16. The number of hydrogen-bond acceptors (Lipinski definition) is 4. The summed E-state index contributed by atoms with van der Waals surface area (Å²) in [6.07, 6.45) is -4.68. The molecule has 0 spiro atoms. The first-order chi connectivity index (χ1) is 12.2. The molecule has 1 saturated heterocycles. The summed E-state index contributed by atoms with van der Waals surface area (Å²) in [6.45, 7) is 2.52. The van der Waals surface area contributed by atoms with E-state index < -0.39 is 29.8 Å². The Bertz CT molecular complexity index is 816. The maximum absolute atomic E-state index is 12.5. The molecule has 7 nitrogen and oxygen atoms in total. The molecular formula is C16H16F3N5O2. The van der Waals surface area contributed by atoms with Gasteiger partial charge in [0.25, 0.3) is 0 Å². The summed E-state index contributed by atoms with van der Waals surface area (Å²) >= 11 is 0. The van der Waals surface area contributed by atoms with E-state index in [0.29, 0.717) is 6.54 Å². The summed E-state index contributed by atoms with van der Waals surface area (Å²) in [7, 11) is 0. The van der Waals surface area contributed by atoms with Crippen LogP contribution in [-0.2, 0) is 22.3 Å². The van der Waals surface area contributed by atoms with E-state index in [2.05, 4.69) is 15.4 Å². The Hall–Kier alpha value is -2.91. The molecule has 1 fully saturated rings. The van der Waals surface area contributed by atoms with Gasteiger partial charge in [-0.05, 0) is 12.5 Å². The monoisotopic (exact) mass is 367 g/mol. The topological polar surface area (TPSA) is 91.0 Å². The number of carbonyl (C=O) groups excluding carboxylic acids is 2. The van der Waals surface area contributed by atoms with Crippen LogP contribution in [0.5, 0.6) is 0 Å². The van der Waals surface area contributed by atoms with Crippen LogP contribution in [0.2, 0.25) is 0 Å². The summed E-state index contributed by atoms with van der Waals surface area (Å²) in [6, 6.07) is 7.67. The van der Waals surface area contributed by atoms with Crippen LogP contribution < -0.4 is 5.32 Å². The number of aryl methyl sites for hydroxylation is 1. The largest absolute Gasteiger partial charge is 0.451 e. The smallest absolute Gasteiger partial charge is 0.338 e. The van der Waals surface area contributed by atoms with Crippen molar-refractivity contribution < 1.29 is 22.8 Å². The fourth-order valence-corrected chi connectivity index (χ4v) is 2.67.